The van der Waals surface area contributed by atoms with E-state index in [0.29, 0.717) is 23.1 Å². The lowest BCUT2D eigenvalue weighted by molar-refractivity contribution is 0.244. The van der Waals surface area contributed by atoms with Gasteiger partial charge in [-0.1, -0.05) is 25.7 Å². The Morgan fingerprint density at radius 3 is 2.28 bits per heavy atom. The zero-order valence-electron chi connectivity index (χ0n) is 19.4. The van der Waals surface area contributed by atoms with Gasteiger partial charge in [-0.25, -0.2) is 8.78 Å². The molecule has 2 aromatic rings. The van der Waals surface area contributed by atoms with Crippen LogP contribution in [0.4, 0.5) is 14.5 Å². The van der Waals surface area contributed by atoms with Gasteiger partial charge in [0.05, 0.1) is 11.4 Å². The second kappa shape index (κ2) is 9.12. The third-order valence-corrected chi connectivity index (χ3v) is 8.06. The molecule has 0 amide bonds. The normalized spacial score (nSPS) is 26.9. The van der Waals surface area contributed by atoms with Crippen LogP contribution >= 0.6 is 0 Å². The fourth-order valence-corrected chi connectivity index (χ4v) is 6.53. The first-order valence-electron chi connectivity index (χ1n) is 12.5. The molecule has 0 unspecified atom stereocenters. The van der Waals surface area contributed by atoms with Crippen molar-refractivity contribution in [2.24, 2.45) is 24.8 Å². The van der Waals surface area contributed by atoms with Crippen molar-refractivity contribution in [3.8, 4) is 11.1 Å². The minimum absolute atomic E-state index is 0.227. The Morgan fingerprint density at radius 2 is 1.66 bits per heavy atom. The Labute approximate surface area is 190 Å². The van der Waals surface area contributed by atoms with Crippen molar-refractivity contribution in [1.29, 1.82) is 0 Å². The van der Waals surface area contributed by atoms with Crippen molar-refractivity contribution in [2.75, 3.05) is 25.0 Å². The first kappa shape index (κ1) is 21.9. The van der Waals surface area contributed by atoms with Gasteiger partial charge in [0.1, 0.15) is 0 Å². The third-order valence-electron chi connectivity index (χ3n) is 8.06. The van der Waals surface area contributed by atoms with Crippen LogP contribution in [0, 0.1) is 36.3 Å². The number of hydrogen-bond acceptors (Lipinski definition) is 3. The van der Waals surface area contributed by atoms with E-state index in [2.05, 4.69) is 15.3 Å². The monoisotopic (exact) mass is 442 g/mol. The SMILES string of the molecule is Cc1nn(C)cc1-c1ccc(N[C@H]2C[C@@H]3CN(CC4CCCCCC4)C[C@@H]3C2)c(F)c1F. The summed E-state index contributed by atoms with van der Waals surface area (Å²) in [5.74, 6) is 0.674. The quantitative estimate of drug-likeness (QED) is 0.597. The largest absolute Gasteiger partial charge is 0.380 e. The lowest BCUT2D eigenvalue weighted by atomic mass is 10.00. The highest BCUT2D eigenvalue weighted by Crippen LogP contribution is 2.41. The summed E-state index contributed by atoms with van der Waals surface area (Å²) in [7, 11) is 1.79. The molecule has 3 aliphatic rings. The van der Waals surface area contributed by atoms with E-state index in [1.165, 1.54) is 58.2 Å². The Bertz CT molecular complexity index is 934. The maximum atomic E-state index is 14.9. The minimum Gasteiger partial charge on any atom is -0.380 e. The van der Waals surface area contributed by atoms with Crippen LogP contribution in [0.2, 0.25) is 0 Å². The highest BCUT2D eigenvalue weighted by molar-refractivity contribution is 5.68. The molecule has 0 radical (unpaired) electrons. The number of nitrogens with zero attached hydrogens (tertiary/aromatic N) is 3. The fraction of sp³-hybridized carbons (Fsp3) is 0.654. The highest BCUT2D eigenvalue weighted by Gasteiger charge is 2.41. The van der Waals surface area contributed by atoms with E-state index < -0.39 is 11.6 Å². The molecule has 2 heterocycles. The van der Waals surface area contributed by atoms with Gasteiger partial charge in [-0.3, -0.25) is 4.68 Å². The van der Waals surface area contributed by atoms with Crippen LogP contribution in [0.3, 0.4) is 0 Å². The second-order valence-electron chi connectivity index (χ2n) is 10.5. The van der Waals surface area contributed by atoms with Gasteiger partial charge in [-0.05, 0) is 62.5 Å². The maximum absolute atomic E-state index is 14.9. The molecule has 1 N–H and O–H groups in total. The fourth-order valence-electron chi connectivity index (χ4n) is 6.53. The minimum atomic E-state index is -0.793. The molecule has 1 saturated heterocycles. The number of nitrogens with one attached hydrogen (secondary N) is 1. The first-order valence-corrected chi connectivity index (χ1v) is 12.5. The molecule has 6 heteroatoms. The molecule has 3 fully saturated rings. The lowest BCUT2D eigenvalue weighted by Gasteiger charge is -2.24. The van der Waals surface area contributed by atoms with Gasteiger partial charge >= 0.3 is 0 Å². The summed E-state index contributed by atoms with van der Waals surface area (Å²) in [6.07, 6.45) is 12.3. The van der Waals surface area contributed by atoms with Gasteiger partial charge in [-0.2, -0.15) is 5.10 Å². The summed E-state index contributed by atoms with van der Waals surface area (Å²) in [5.41, 5.74) is 1.90. The standard InChI is InChI=1S/C26H36F2N4/c1-17-23(16-31(2)30-17)22-9-10-24(26(28)25(22)27)29-21-11-19-14-32(15-20(19)12-21)13-18-7-5-3-4-6-8-18/h9-10,16,18-21,29H,3-8,11-15H2,1-2H3/t19-,20+,21+. The zero-order valence-corrected chi connectivity index (χ0v) is 19.4. The van der Waals surface area contributed by atoms with Crippen molar-refractivity contribution in [3.63, 3.8) is 0 Å². The number of anilines is 1. The Morgan fingerprint density at radius 1 is 0.969 bits per heavy atom. The van der Waals surface area contributed by atoms with Crippen LogP contribution in [0.5, 0.6) is 0 Å². The summed E-state index contributed by atoms with van der Waals surface area (Å²) in [5, 5.41) is 7.58. The van der Waals surface area contributed by atoms with Crippen molar-refractivity contribution >= 4 is 5.69 Å². The molecule has 0 bridgehead atoms. The van der Waals surface area contributed by atoms with Crippen LogP contribution in [-0.4, -0.2) is 40.4 Å². The number of halogens is 2. The predicted molar refractivity (Wildman–Crippen MR) is 125 cm³/mol. The topological polar surface area (TPSA) is 33.1 Å². The van der Waals surface area contributed by atoms with E-state index in [0.717, 1.165) is 18.8 Å². The lowest BCUT2D eigenvalue weighted by Crippen LogP contribution is -2.30. The molecule has 1 aromatic heterocycles. The van der Waals surface area contributed by atoms with Crippen LogP contribution in [0.25, 0.3) is 11.1 Å². The van der Waals surface area contributed by atoms with Gasteiger partial charge in [-0.15, -0.1) is 0 Å². The Hall–Kier alpha value is -1.95. The van der Waals surface area contributed by atoms with Crippen molar-refractivity contribution in [1.82, 2.24) is 14.7 Å². The van der Waals surface area contributed by atoms with Gasteiger partial charge < -0.3 is 10.2 Å². The van der Waals surface area contributed by atoms with Crippen molar-refractivity contribution in [2.45, 2.75) is 64.3 Å². The van der Waals surface area contributed by atoms with E-state index in [1.807, 2.05) is 6.92 Å². The van der Waals surface area contributed by atoms with E-state index in [4.69, 9.17) is 0 Å². The highest BCUT2D eigenvalue weighted by atomic mass is 19.2. The number of hydrogen-bond donors (Lipinski definition) is 1. The van der Waals surface area contributed by atoms with E-state index in [1.54, 1.807) is 30.1 Å². The van der Waals surface area contributed by atoms with Gasteiger partial charge in [0.2, 0.25) is 0 Å². The molecule has 3 atom stereocenters. The molecule has 32 heavy (non-hydrogen) atoms. The van der Waals surface area contributed by atoms with Gasteiger partial charge in [0.15, 0.2) is 11.6 Å². The van der Waals surface area contributed by atoms with Crippen LogP contribution in [0.1, 0.15) is 57.1 Å². The Balaban J connectivity index is 1.19. The summed E-state index contributed by atoms with van der Waals surface area (Å²) < 4.78 is 31.4. The smallest absolute Gasteiger partial charge is 0.182 e. The van der Waals surface area contributed by atoms with E-state index >= 15 is 0 Å². The molecular weight excluding hydrogens is 406 g/mol. The molecule has 1 aliphatic heterocycles. The van der Waals surface area contributed by atoms with Crippen LogP contribution in [0.15, 0.2) is 18.3 Å². The molecule has 2 saturated carbocycles. The van der Waals surface area contributed by atoms with Crippen LogP contribution in [-0.2, 0) is 7.05 Å². The molecule has 4 nitrogen and oxygen atoms in total. The van der Waals surface area contributed by atoms with Gasteiger partial charge in [0, 0.05) is 50.0 Å². The zero-order chi connectivity index (χ0) is 22.2. The average molecular weight is 443 g/mol. The third kappa shape index (κ3) is 4.43. The summed E-state index contributed by atoms with van der Waals surface area (Å²) in [6.45, 7) is 5.43. The molecule has 5 rings (SSSR count). The van der Waals surface area contributed by atoms with Gasteiger partial charge in [0.25, 0.3) is 0 Å². The summed E-state index contributed by atoms with van der Waals surface area (Å²) in [6, 6.07) is 3.59. The number of rotatable bonds is 5. The predicted octanol–water partition coefficient (Wildman–Crippen LogP) is 5.77. The number of aromatic nitrogens is 2. The maximum Gasteiger partial charge on any atom is 0.182 e. The number of aryl methyl sites for hydroxylation is 2. The van der Waals surface area contributed by atoms with E-state index in [9.17, 15) is 8.78 Å². The second-order valence-corrected chi connectivity index (χ2v) is 10.5. The summed E-state index contributed by atoms with van der Waals surface area (Å²) in [4.78, 5) is 2.69. The average Bonchev–Trinajstić information content (AvgIpc) is 3.32. The van der Waals surface area contributed by atoms with Crippen LogP contribution < -0.4 is 5.32 Å². The molecular formula is C26H36F2N4. The molecule has 1 aromatic carbocycles. The number of likely N-dealkylation sites (tertiary alicyclic amines) is 1. The number of fused-ring (bicyclic) bond motifs is 1. The van der Waals surface area contributed by atoms with Crippen molar-refractivity contribution < 1.29 is 8.78 Å². The Kier molecular flexibility index (Phi) is 6.24. The van der Waals surface area contributed by atoms with Crippen molar-refractivity contribution in [3.05, 3.63) is 35.7 Å². The number of benzene rings is 1. The van der Waals surface area contributed by atoms with E-state index in [-0.39, 0.29) is 17.3 Å². The molecule has 174 valence electrons. The molecule has 0 spiro atoms. The first-order chi connectivity index (χ1) is 15.5. The molecule has 2 aliphatic carbocycles. The summed E-state index contributed by atoms with van der Waals surface area (Å²) >= 11 is 0.